The summed E-state index contributed by atoms with van der Waals surface area (Å²) in [7, 11) is 0. The summed E-state index contributed by atoms with van der Waals surface area (Å²) in [5.74, 6) is 0.540. The predicted molar refractivity (Wildman–Crippen MR) is 84.1 cm³/mol. The monoisotopic (exact) mass is 300 g/mol. The van der Waals surface area contributed by atoms with E-state index in [1.807, 2.05) is 0 Å². The average molecular weight is 301 g/mol. The van der Waals surface area contributed by atoms with Gasteiger partial charge in [0.2, 0.25) is 0 Å². The summed E-state index contributed by atoms with van der Waals surface area (Å²) in [6, 6.07) is 0. The molecule has 0 aliphatic carbocycles. The molecule has 0 bridgehead atoms. The van der Waals surface area contributed by atoms with Crippen LogP contribution in [0.5, 0.6) is 0 Å². The number of aromatic nitrogens is 1. The first kappa shape index (κ1) is 15.3. The molecule has 0 saturated carbocycles. The Morgan fingerprint density at radius 1 is 1.42 bits per heavy atom. The second-order valence-corrected chi connectivity index (χ2v) is 7.19. The van der Waals surface area contributed by atoms with Crippen LogP contribution in [-0.4, -0.2) is 29.5 Å². The normalized spacial score (nSPS) is 19.7. The highest BCUT2D eigenvalue weighted by Gasteiger charge is 2.27. The van der Waals surface area contributed by atoms with Crippen molar-refractivity contribution in [2.45, 2.75) is 51.8 Å². The highest BCUT2D eigenvalue weighted by Crippen LogP contribution is 2.33. The lowest BCUT2D eigenvalue weighted by atomic mass is 9.78. The largest absolute Gasteiger partial charge is 0.303 e. The van der Waals surface area contributed by atoms with E-state index in [9.17, 15) is 0 Å². The molecule has 2 rings (SSSR count). The van der Waals surface area contributed by atoms with Gasteiger partial charge in [-0.15, -0.1) is 22.9 Å². The molecule has 19 heavy (non-hydrogen) atoms. The van der Waals surface area contributed by atoms with Gasteiger partial charge in [-0.25, -0.2) is 4.98 Å². The van der Waals surface area contributed by atoms with Gasteiger partial charge in [-0.3, -0.25) is 0 Å². The van der Waals surface area contributed by atoms with Crippen LogP contribution in [-0.2, 0) is 12.3 Å². The van der Waals surface area contributed by atoms with E-state index < -0.39 is 0 Å². The van der Waals surface area contributed by atoms with Crippen molar-refractivity contribution in [3.8, 4) is 0 Å². The van der Waals surface area contributed by atoms with Gasteiger partial charge >= 0.3 is 0 Å². The van der Waals surface area contributed by atoms with Crippen LogP contribution in [0.4, 0.5) is 0 Å². The van der Waals surface area contributed by atoms with E-state index in [0.717, 1.165) is 12.1 Å². The Morgan fingerprint density at radius 2 is 2.16 bits per heavy atom. The van der Waals surface area contributed by atoms with Crippen molar-refractivity contribution in [3.63, 3.8) is 0 Å². The molecule has 2 heterocycles. The number of likely N-dealkylation sites (tertiary alicyclic amines) is 1. The molecule has 2 nitrogen and oxygen atoms in total. The predicted octanol–water partition coefficient (Wildman–Crippen LogP) is 4.33. The van der Waals surface area contributed by atoms with E-state index in [-0.39, 0.29) is 0 Å². The number of thiazole rings is 1. The summed E-state index contributed by atoms with van der Waals surface area (Å²) in [4.78, 5) is 7.13. The fraction of sp³-hybridized carbons (Fsp3) is 0.800. The lowest BCUT2D eigenvalue weighted by Gasteiger charge is -2.38. The van der Waals surface area contributed by atoms with E-state index in [0.29, 0.717) is 11.3 Å². The molecule has 0 unspecified atom stereocenters. The third-order valence-corrected chi connectivity index (χ3v) is 5.75. The molecule has 1 aromatic heterocycles. The first-order valence-electron chi connectivity index (χ1n) is 7.37. The van der Waals surface area contributed by atoms with Gasteiger partial charge in [-0.05, 0) is 44.3 Å². The number of nitrogens with zero attached hydrogens (tertiary/aromatic N) is 2. The maximum atomic E-state index is 5.77. The van der Waals surface area contributed by atoms with Gasteiger partial charge < -0.3 is 4.90 Å². The van der Waals surface area contributed by atoms with Crippen LogP contribution in [0.25, 0.3) is 0 Å². The Labute approximate surface area is 126 Å². The maximum Gasteiger partial charge on any atom is 0.0929 e. The van der Waals surface area contributed by atoms with Crippen LogP contribution in [0.15, 0.2) is 5.38 Å². The number of piperidine rings is 1. The smallest absolute Gasteiger partial charge is 0.0929 e. The van der Waals surface area contributed by atoms with Crippen molar-refractivity contribution in [1.82, 2.24) is 9.88 Å². The fourth-order valence-electron chi connectivity index (χ4n) is 2.65. The summed E-state index contributed by atoms with van der Waals surface area (Å²) < 4.78 is 0. The van der Waals surface area contributed by atoms with Crippen LogP contribution >= 0.6 is 22.9 Å². The van der Waals surface area contributed by atoms with Crippen LogP contribution in [0, 0.1) is 5.41 Å². The molecule has 1 fully saturated rings. The molecule has 0 aromatic carbocycles. The molecule has 108 valence electrons. The molecular formula is C15H25ClN2S. The van der Waals surface area contributed by atoms with Crippen LogP contribution < -0.4 is 0 Å². The molecule has 0 N–H and O–H groups in total. The molecule has 0 atom stereocenters. The summed E-state index contributed by atoms with van der Waals surface area (Å²) in [6.07, 6.45) is 6.36. The van der Waals surface area contributed by atoms with Gasteiger partial charge in [0.1, 0.15) is 0 Å². The van der Waals surface area contributed by atoms with Crippen LogP contribution in [0.2, 0.25) is 0 Å². The Bertz CT molecular complexity index is 383. The van der Waals surface area contributed by atoms with Gasteiger partial charge in [-0.2, -0.15) is 0 Å². The minimum absolute atomic E-state index is 0.540. The Morgan fingerprint density at radius 3 is 2.74 bits per heavy atom. The lowest BCUT2D eigenvalue weighted by molar-refractivity contribution is 0.114. The topological polar surface area (TPSA) is 16.1 Å². The number of halogens is 1. The van der Waals surface area contributed by atoms with Gasteiger partial charge in [0.05, 0.1) is 16.6 Å². The summed E-state index contributed by atoms with van der Waals surface area (Å²) >= 11 is 7.52. The number of aryl methyl sites for hydroxylation is 1. The molecule has 1 aliphatic rings. The van der Waals surface area contributed by atoms with Crippen molar-refractivity contribution in [2.24, 2.45) is 5.41 Å². The second kappa shape index (κ2) is 7.05. The Kier molecular flexibility index (Phi) is 5.67. The van der Waals surface area contributed by atoms with E-state index in [1.54, 1.807) is 11.3 Å². The van der Waals surface area contributed by atoms with Gasteiger partial charge in [-0.1, -0.05) is 20.3 Å². The molecule has 4 heteroatoms. The summed E-state index contributed by atoms with van der Waals surface area (Å²) in [5, 5.41) is 3.32. The summed E-state index contributed by atoms with van der Waals surface area (Å²) in [5.41, 5.74) is 1.62. The van der Waals surface area contributed by atoms with Crippen LogP contribution in [0.3, 0.4) is 0 Å². The second-order valence-electron chi connectivity index (χ2n) is 5.98. The highest BCUT2D eigenvalue weighted by atomic mass is 35.5. The average Bonchev–Trinajstić information content (AvgIpc) is 2.89. The van der Waals surface area contributed by atoms with E-state index in [4.69, 9.17) is 11.6 Å². The first-order valence-corrected chi connectivity index (χ1v) is 8.78. The third kappa shape index (κ3) is 4.44. The molecular weight excluding hydrogens is 276 g/mol. The van der Waals surface area contributed by atoms with Crippen molar-refractivity contribution in [1.29, 1.82) is 0 Å². The molecule has 0 spiro atoms. The fourth-order valence-corrected chi connectivity index (χ4v) is 3.72. The van der Waals surface area contributed by atoms with Crippen molar-refractivity contribution >= 4 is 22.9 Å². The zero-order valence-electron chi connectivity index (χ0n) is 12.1. The van der Waals surface area contributed by atoms with Crippen molar-refractivity contribution < 1.29 is 0 Å². The number of alkyl halides is 1. The van der Waals surface area contributed by atoms with Crippen molar-refractivity contribution in [2.75, 3.05) is 19.6 Å². The van der Waals surface area contributed by atoms with E-state index >= 15 is 0 Å². The zero-order valence-corrected chi connectivity index (χ0v) is 13.7. The molecule has 1 aromatic rings. The van der Waals surface area contributed by atoms with Gasteiger partial charge in [0.25, 0.3) is 0 Å². The molecule has 0 radical (unpaired) electrons. The Hall–Kier alpha value is -0.120. The maximum absolute atomic E-state index is 5.77. The van der Waals surface area contributed by atoms with Crippen LogP contribution in [0.1, 0.15) is 50.2 Å². The minimum Gasteiger partial charge on any atom is -0.303 e. The lowest BCUT2D eigenvalue weighted by Crippen LogP contribution is -2.38. The van der Waals surface area contributed by atoms with Gasteiger partial charge in [0.15, 0.2) is 0 Å². The quantitative estimate of drug-likeness (QED) is 0.727. The molecule has 1 saturated heterocycles. The van der Waals surface area contributed by atoms with Crippen molar-refractivity contribution in [3.05, 3.63) is 16.1 Å². The van der Waals surface area contributed by atoms with E-state index in [1.165, 1.54) is 50.3 Å². The molecule has 0 amide bonds. The standard InChI is InChI=1S/C15H25ClN2S/c1-3-15(2)6-9-18(10-7-15)8-4-5-14-17-13(11-16)12-19-14/h12H,3-11H2,1-2H3. The highest BCUT2D eigenvalue weighted by molar-refractivity contribution is 7.09. The Balaban J connectivity index is 1.67. The van der Waals surface area contributed by atoms with Gasteiger partial charge in [0, 0.05) is 11.8 Å². The third-order valence-electron chi connectivity index (χ3n) is 4.52. The number of hydrogen-bond donors (Lipinski definition) is 0. The SMILES string of the molecule is CCC1(C)CCN(CCCc2nc(CCl)cs2)CC1. The number of hydrogen-bond acceptors (Lipinski definition) is 3. The summed E-state index contributed by atoms with van der Waals surface area (Å²) in [6.45, 7) is 8.53. The van der Waals surface area contributed by atoms with E-state index in [2.05, 4.69) is 29.1 Å². The first-order chi connectivity index (χ1) is 9.15. The molecule has 1 aliphatic heterocycles. The minimum atomic E-state index is 0.540. The zero-order chi connectivity index (χ0) is 13.7. The number of rotatable bonds is 6.